The Kier molecular flexibility index (Phi) is 3.61. The highest BCUT2D eigenvalue weighted by atomic mass is 79.9. The standard InChI is InChI=1S/C17H15BrN4O/c18-13-4-1-3-11(9-13)16-5-2-8-22(16)17(23)12-6-7-14-15(10-12)20-21-19-14/h1,3-4,6-7,9-10,16H,2,5,8H2,(H,19,20,21). The molecular formula is C17H15BrN4O. The van der Waals surface area contributed by atoms with Gasteiger partial charge in [0, 0.05) is 16.6 Å². The number of rotatable bonds is 2. The monoisotopic (exact) mass is 370 g/mol. The lowest BCUT2D eigenvalue weighted by atomic mass is 10.0. The maximum absolute atomic E-state index is 12.9. The highest BCUT2D eigenvalue weighted by Crippen LogP contribution is 2.34. The molecule has 1 fully saturated rings. The van der Waals surface area contributed by atoms with Crippen molar-refractivity contribution in [1.29, 1.82) is 0 Å². The molecule has 116 valence electrons. The first-order valence-electron chi connectivity index (χ1n) is 7.59. The molecule has 1 amide bonds. The molecule has 0 saturated carbocycles. The minimum atomic E-state index is 0.0531. The predicted molar refractivity (Wildman–Crippen MR) is 91.0 cm³/mol. The number of nitrogens with zero attached hydrogens (tertiary/aromatic N) is 3. The normalized spacial score (nSPS) is 17.8. The third-order valence-corrected chi connectivity index (χ3v) is 4.80. The van der Waals surface area contributed by atoms with E-state index in [1.54, 1.807) is 6.07 Å². The third-order valence-electron chi connectivity index (χ3n) is 4.31. The number of amides is 1. The van der Waals surface area contributed by atoms with E-state index < -0.39 is 0 Å². The zero-order chi connectivity index (χ0) is 15.8. The highest BCUT2D eigenvalue weighted by molar-refractivity contribution is 9.10. The van der Waals surface area contributed by atoms with Crippen LogP contribution in [0.15, 0.2) is 46.9 Å². The Bertz CT molecular complexity index is 876. The molecule has 6 heteroatoms. The van der Waals surface area contributed by atoms with Crippen molar-refractivity contribution in [2.75, 3.05) is 6.54 Å². The van der Waals surface area contributed by atoms with Gasteiger partial charge >= 0.3 is 0 Å². The molecule has 2 aromatic carbocycles. The molecule has 0 aliphatic carbocycles. The third kappa shape index (κ3) is 2.63. The molecule has 3 aromatic rings. The summed E-state index contributed by atoms with van der Waals surface area (Å²) in [6.07, 6.45) is 2.02. The van der Waals surface area contributed by atoms with E-state index in [2.05, 4.69) is 43.5 Å². The fraction of sp³-hybridized carbons (Fsp3) is 0.235. The Morgan fingerprint density at radius 2 is 2.04 bits per heavy atom. The fourth-order valence-electron chi connectivity index (χ4n) is 3.21. The van der Waals surface area contributed by atoms with Crippen LogP contribution in [0.2, 0.25) is 0 Å². The number of aromatic amines is 1. The van der Waals surface area contributed by atoms with Crippen LogP contribution in [0, 0.1) is 0 Å². The summed E-state index contributed by atoms with van der Waals surface area (Å²) in [6.45, 7) is 0.785. The topological polar surface area (TPSA) is 61.9 Å². The Morgan fingerprint density at radius 1 is 1.17 bits per heavy atom. The van der Waals surface area contributed by atoms with Crippen LogP contribution in [0.4, 0.5) is 0 Å². The molecule has 1 aliphatic heterocycles. The molecule has 1 N–H and O–H groups in total. The maximum Gasteiger partial charge on any atom is 0.254 e. The van der Waals surface area contributed by atoms with E-state index in [0.29, 0.717) is 11.1 Å². The molecule has 4 rings (SSSR count). The van der Waals surface area contributed by atoms with Gasteiger partial charge in [-0.15, -0.1) is 0 Å². The summed E-state index contributed by atoms with van der Waals surface area (Å²) >= 11 is 3.51. The molecular weight excluding hydrogens is 356 g/mol. The molecule has 1 aliphatic rings. The number of halogens is 1. The summed E-state index contributed by atoms with van der Waals surface area (Å²) in [5, 5.41) is 10.7. The number of hydrogen-bond acceptors (Lipinski definition) is 3. The number of aromatic nitrogens is 3. The number of fused-ring (bicyclic) bond motifs is 1. The number of H-pyrrole nitrogens is 1. The summed E-state index contributed by atoms with van der Waals surface area (Å²) in [6, 6.07) is 13.8. The second-order valence-corrected chi connectivity index (χ2v) is 6.65. The second kappa shape index (κ2) is 5.77. The molecule has 5 nitrogen and oxygen atoms in total. The summed E-state index contributed by atoms with van der Waals surface area (Å²) < 4.78 is 1.04. The van der Waals surface area contributed by atoms with Gasteiger partial charge in [-0.3, -0.25) is 4.79 Å². The van der Waals surface area contributed by atoms with Gasteiger partial charge in [-0.1, -0.05) is 28.1 Å². The van der Waals surface area contributed by atoms with E-state index in [1.165, 1.54) is 5.56 Å². The van der Waals surface area contributed by atoms with Gasteiger partial charge in [-0.05, 0) is 48.7 Å². The Morgan fingerprint density at radius 3 is 2.91 bits per heavy atom. The van der Waals surface area contributed by atoms with Crippen LogP contribution in [0.25, 0.3) is 11.0 Å². The molecule has 1 atom stereocenters. The van der Waals surface area contributed by atoms with Gasteiger partial charge in [-0.25, -0.2) is 0 Å². The van der Waals surface area contributed by atoms with E-state index in [1.807, 2.05) is 29.2 Å². The summed E-state index contributed by atoms with van der Waals surface area (Å²) in [5.74, 6) is 0.0531. The molecule has 0 spiro atoms. The zero-order valence-corrected chi connectivity index (χ0v) is 14.0. The molecule has 1 unspecified atom stereocenters. The van der Waals surface area contributed by atoms with Crippen molar-refractivity contribution in [3.8, 4) is 0 Å². The van der Waals surface area contributed by atoms with Gasteiger partial charge < -0.3 is 4.90 Å². The van der Waals surface area contributed by atoms with Gasteiger partial charge in [0.15, 0.2) is 0 Å². The summed E-state index contributed by atoms with van der Waals surface area (Å²) in [5.41, 5.74) is 3.32. The van der Waals surface area contributed by atoms with Crippen molar-refractivity contribution >= 4 is 32.9 Å². The van der Waals surface area contributed by atoms with Crippen molar-refractivity contribution in [2.45, 2.75) is 18.9 Å². The first-order chi connectivity index (χ1) is 11.2. The number of hydrogen-bond donors (Lipinski definition) is 1. The number of benzene rings is 2. The van der Waals surface area contributed by atoms with E-state index in [-0.39, 0.29) is 11.9 Å². The van der Waals surface area contributed by atoms with E-state index in [9.17, 15) is 4.79 Å². The Balaban J connectivity index is 1.66. The van der Waals surface area contributed by atoms with Crippen LogP contribution in [0.3, 0.4) is 0 Å². The van der Waals surface area contributed by atoms with Crippen LogP contribution in [-0.4, -0.2) is 32.8 Å². The van der Waals surface area contributed by atoms with Gasteiger partial charge in [0.25, 0.3) is 5.91 Å². The Hall–Kier alpha value is -2.21. The minimum Gasteiger partial charge on any atom is -0.332 e. The average molecular weight is 371 g/mol. The lowest BCUT2D eigenvalue weighted by Gasteiger charge is -2.25. The predicted octanol–water partition coefficient (Wildman–Crippen LogP) is 3.70. The Labute approximate surface area is 141 Å². The van der Waals surface area contributed by atoms with Gasteiger partial charge in [-0.2, -0.15) is 15.4 Å². The smallest absolute Gasteiger partial charge is 0.254 e. The molecule has 2 heterocycles. The number of nitrogens with one attached hydrogen (secondary N) is 1. The number of carbonyl (C=O) groups excluding carboxylic acids is 1. The van der Waals surface area contributed by atoms with Crippen LogP contribution in [0.1, 0.15) is 34.8 Å². The minimum absolute atomic E-state index is 0.0531. The van der Waals surface area contributed by atoms with Crippen LogP contribution < -0.4 is 0 Å². The molecule has 1 saturated heterocycles. The molecule has 0 bridgehead atoms. The number of likely N-dealkylation sites (tertiary alicyclic amines) is 1. The summed E-state index contributed by atoms with van der Waals surface area (Å²) in [7, 11) is 0. The lowest BCUT2D eigenvalue weighted by molar-refractivity contribution is 0.0736. The zero-order valence-electron chi connectivity index (χ0n) is 12.4. The second-order valence-electron chi connectivity index (χ2n) is 5.74. The largest absolute Gasteiger partial charge is 0.332 e. The van der Waals surface area contributed by atoms with Gasteiger partial charge in [0.05, 0.1) is 6.04 Å². The van der Waals surface area contributed by atoms with E-state index >= 15 is 0 Å². The molecule has 23 heavy (non-hydrogen) atoms. The molecule has 1 aromatic heterocycles. The van der Waals surface area contributed by atoms with Crippen LogP contribution in [0.5, 0.6) is 0 Å². The van der Waals surface area contributed by atoms with E-state index in [4.69, 9.17) is 0 Å². The summed E-state index contributed by atoms with van der Waals surface area (Å²) in [4.78, 5) is 14.9. The first kappa shape index (κ1) is 14.4. The first-order valence-corrected chi connectivity index (χ1v) is 8.38. The lowest BCUT2D eigenvalue weighted by Crippen LogP contribution is -2.30. The fourth-order valence-corrected chi connectivity index (χ4v) is 3.63. The van der Waals surface area contributed by atoms with Gasteiger partial charge in [0.1, 0.15) is 11.0 Å². The van der Waals surface area contributed by atoms with Crippen molar-refractivity contribution in [3.63, 3.8) is 0 Å². The highest BCUT2D eigenvalue weighted by Gasteiger charge is 2.30. The molecule has 0 radical (unpaired) electrons. The van der Waals surface area contributed by atoms with Gasteiger partial charge in [0.2, 0.25) is 0 Å². The quantitative estimate of drug-likeness (QED) is 0.747. The van der Waals surface area contributed by atoms with Crippen molar-refractivity contribution in [3.05, 3.63) is 58.1 Å². The number of carbonyl (C=O) groups is 1. The van der Waals surface area contributed by atoms with Crippen molar-refractivity contribution in [1.82, 2.24) is 20.3 Å². The van der Waals surface area contributed by atoms with Crippen molar-refractivity contribution < 1.29 is 4.79 Å². The van der Waals surface area contributed by atoms with Crippen LogP contribution in [-0.2, 0) is 0 Å². The van der Waals surface area contributed by atoms with E-state index in [0.717, 1.165) is 29.4 Å². The maximum atomic E-state index is 12.9. The SMILES string of the molecule is O=C(c1ccc2n[nH]nc2c1)N1CCCC1c1cccc(Br)c1. The van der Waals surface area contributed by atoms with Crippen LogP contribution >= 0.6 is 15.9 Å². The average Bonchev–Trinajstić information content (AvgIpc) is 3.22. The van der Waals surface area contributed by atoms with Crippen molar-refractivity contribution in [2.24, 2.45) is 0 Å².